The van der Waals surface area contributed by atoms with Crippen molar-refractivity contribution in [3.63, 3.8) is 0 Å². The largest absolute Gasteiger partial charge is 0.497 e. The lowest BCUT2D eigenvalue weighted by Crippen LogP contribution is -2.39. The highest BCUT2D eigenvalue weighted by Crippen LogP contribution is 2.19. The number of nitrogens with one attached hydrogen (secondary N) is 1. The molecule has 0 saturated heterocycles. The fraction of sp³-hybridized carbons (Fsp3) is 0.462. The number of rotatable bonds is 7. The van der Waals surface area contributed by atoms with Crippen LogP contribution in [0.2, 0.25) is 0 Å². The van der Waals surface area contributed by atoms with Crippen LogP contribution in [0.25, 0.3) is 0 Å². The van der Waals surface area contributed by atoms with Crippen LogP contribution in [-0.4, -0.2) is 46.9 Å². The van der Waals surface area contributed by atoms with Crippen molar-refractivity contribution in [2.75, 3.05) is 27.4 Å². The van der Waals surface area contributed by atoms with Crippen LogP contribution in [0, 0.1) is 0 Å². The lowest BCUT2D eigenvalue weighted by Gasteiger charge is -2.13. The molecule has 0 aliphatic carbocycles. The van der Waals surface area contributed by atoms with Crippen molar-refractivity contribution in [1.82, 2.24) is 5.32 Å². The molecule has 1 amide bonds. The summed E-state index contributed by atoms with van der Waals surface area (Å²) in [6, 6.07) is 5.94. The van der Waals surface area contributed by atoms with E-state index in [0.29, 0.717) is 12.4 Å². The molecule has 1 rings (SSSR count). The summed E-state index contributed by atoms with van der Waals surface area (Å²) >= 11 is 0. The van der Waals surface area contributed by atoms with Gasteiger partial charge in [-0.1, -0.05) is 0 Å². The molecule has 1 N–H and O–H groups in total. The summed E-state index contributed by atoms with van der Waals surface area (Å²) in [6.07, 6.45) is 0. The van der Waals surface area contributed by atoms with E-state index < -0.39 is 21.0 Å². The number of benzene rings is 1. The fourth-order valence-corrected chi connectivity index (χ4v) is 2.82. The Kier molecular flexibility index (Phi) is 5.97. The number of carbonyl (C=O) groups is 1. The molecule has 0 unspecified atom stereocenters. The summed E-state index contributed by atoms with van der Waals surface area (Å²) in [7, 11) is -0.710. The topological polar surface area (TPSA) is 81.7 Å². The zero-order valence-electron chi connectivity index (χ0n) is 11.8. The Balaban J connectivity index is 2.83. The van der Waals surface area contributed by atoms with E-state index in [0.717, 1.165) is 0 Å². The van der Waals surface area contributed by atoms with E-state index in [1.54, 1.807) is 12.1 Å². The molecule has 0 fully saturated rings. The van der Waals surface area contributed by atoms with Gasteiger partial charge < -0.3 is 14.8 Å². The molecular formula is C13H19NO5S. The Morgan fingerprint density at radius 2 is 1.85 bits per heavy atom. The third-order valence-corrected chi connectivity index (χ3v) is 4.90. The summed E-state index contributed by atoms with van der Waals surface area (Å²) < 4.78 is 34.3. The first-order valence-corrected chi connectivity index (χ1v) is 7.62. The summed E-state index contributed by atoms with van der Waals surface area (Å²) in [4.78, 5) is 11.9. The first-order chi connectivity index (χ1) is 9.43. The van der Waals surface area contributed by atoms with Crippen molar-refractivity contribution in [1.29, 1.82) is 0 Å². The third-order valence-electron chi connectivity index (χ3n) is 2.83. The van der Waals surface area contributed by atoms with Crippen LogP contribution >= 0.6 is 0 Å². The van der Waals surface area contributed by atoms with Crippen LogP contribution in [0.3, 0.4) is 0 Å². The summed E-state index contributed by atoms with van der Waals surface area (Å²) in [5.74, 6) is 0.0130. The summed E-state index contributed by atoms with van der Waals surface area (Å²) in [5.41, 5.74) is 0. The lowest BCUT2D eigenvalue weighted by molar-refractivity contribution is -0.120. The molecular weight excluding hydrogens is 282 g/mol. The quantitative estimate of drug-likeness (QED) is 0.747. The Bertz CT molecular complexity index is 538. The number of amides is 1. The van der Waals surface area contributed by atoms with Crippen LogP contribution in [0.15, 0.2) is 29.2 Å². The molecule has 0 aliphatic rings. The number of sulfone groups is 1. The van der Waals surface area contributed by atoms with Crippen molar-refractivity contribution < 1.29 is 22.7 Å². The highest BCUT2D eigenvalue weighted by molar-refractivity contribution is 7.92. The van der Waals surface area contributed by atoms with Gasteiger partial charge in [0.1, 0.15) is 11.0 Å². The Hall–Kier alpha value is -1.60. The zero-order chi connectivity index (χ0) is 15.2. The van der Waals surface area contributed by atoms with Crippen LogP contribution in [0.5, 0.6) is 5.75 Å². The van der Waals surface area contributed by atoms with E-state index in [1.807, 2.05) is 0 Å². The van der Waals surface area contributed by atoms with Gasteiger partial charge in [0.25, 0.3) is 0 Å². The van der Waals surface area contributed by atoms with Crippen LogP contribution in [0.1, 0.15) is 6.92 Å². The van der Waals surface area contributed by atoms with E-state index in [9.17, 15) is 13.2 Å². The van der Waals surface area contributed by atoms with Crippen molar-refractivity contribution in [2.45, 2.75) is 17.1 Å². The van der Waals surface area contributed by atoms with Gasteiger partial charge in [0, 0.05) is 13.7 Å². The van der Waals surface area contributed by atoms with Crippen molar-refractivity contribution in [3.05, 3.63) is 24.3 Å². The fourth-order valence-electron chi connectivity index (χ4n) is 1.53. The molecule has 6 nitrogen and oxygen atoms in total. The van der Waals surface area contributed by atoms with E-state index in [4.69, 9.17) is 9.47 Å². The van der Waals surface area contributed by atoms with Gasteiger partial charge in [-0.2, -0.15) is 0 Å². The first-order valence-electron chi connectivity index (χ1n) is 6.08. The third kappa shape index (κ3) is 3.94. The lowest BCUT2D eigenvalue weighted by atomic mass is 10.3. The summed E-state index contributed by atoms with van der Waals surface area (Å²) in [5, 5.41) is 1.35. The number of ether oxygens (including phenoxy) is 2. The number of carbonyl (C=O) groups excluding carboxylic acids is 1. The van der Waals surface area contributed by atoms with Crippen molar-refractivity contribution in [2.24, 2.45) is 0 Å². The minimum atomic E-state index is -3.71. The van der Waals surface area contributed by atoms with Crippen molar-refractivity contribution in [3.8, 4) is 5.75 Å². The van der Waals surface area contributed by atoms with E-state index in [1.165, 1.54) is 33.3 Å². The Labute approximate surface area is 119 Å². The van der Waals surface area contributed by atoms with Crippen LogP contribution in [0.4, 0.5) is 0 Å². The molecule has 0 bridgehead atoms. The average molecular weight is 301 g/mol. The minimum Gasteiger partial charge on any atom is -0.497 e. The van der Waals surface area contributed by atoms with Gasteiger partial charge in [0.2, 0.25) is 5.91 Å². The predicted octanol–water partition coefficient (Wildman–Crippen LogP) is 0.620. The van der Waals surface area contributed by atoms with Gasteiger partial charge >= 0.3 is 0 Å². The van der Waals surface area contributed by atoms with Crippen LogP contribution in [-0.2, 0) is 19.4 Å². The highest BCUT2D eigenvalue weighted by atomic mass is 32.2. The smallest absolute Gasteiger partial charge is 0.238 e. The van der Waals surface area contributed by atoms with Gasteiger partial charge in [-0.3, -0.25) is 4.79 Å². The zero-order valence-corrected chi connectivity index (χ0v) is 12.6. The maximum atomic E-state index is 12.3. The van der Waals surface area contributed by atoms with E-state index >= 15 is 0 Å². The Morgan fingerprint density at radius 1 is 1.25 bits per heavy atom. The standard InChI is InChI=1S/C13H19NO5S/c1-10(13(15)14-8-9-18-2)20(16,17)12-6-4-11(19-3)5-7-12/h4-7,10H,8-9H2,1-3H3,(H,14,15)/t10-/m0/s1. The number of hydrogen-bond donors (Lipinski definition) is 1. The molecule has 0 heterocycles. The number of methoxy groups -OCH3 is 2. The second-order valence-corrected chi connectivity index (χ2v) is 6.42. The molecule has 1 aromatic rings. The molecule has 0 spiro atoms. The van der Waals surface area contributed by atoms with E-state index in [-0.39, 0.29) is 11.4 Å². The average Bonchev–Trinajstić information content (AvgIpc) is 2.46. The molecule has 0 radical (unpaired) electrons. The molecule has 1 atom stereocenters. The minimum absolute atomic E-state index is 0.0905. The van der Waals surface area contributed by atoms with E-state index in [2.05, 4.69) is 5.32 Å². The van der Waals surface area contributed by atoms with Gasteiger partial charge in [0.15, 0.2) is 9.84 Å². The van der Waals surface area contributed by atoms with Crippen LogP contribution < -0.4 is 10.1 Å². The SMILES string of the molecule is COCCNC(=O)[C@H](C)S(=O)(=O)c1ccc(OC)cc1. The molecule has 0 aromatic heterocycles. The maximum absolute atomic E-state index is 12.3. The summed E-state index contributed by atoms with van der Waals surface area (Å²) in [6.45, 7) is 1.97. The Morgan fingerprint density at radius 3 is 2.35 bits per heavy atom. The number of hydrogen-bond acceptors (Lipinski definition) is 5. The van der Waals surface area contributed by atoms with Gasteiger partial charge in [-0.15, -0.1) is 0 Å². The molecule has 0 saturated carbocycles. The van der Waals surface area contributed by atoms with Gasteiger partial charge in [-0.05, 0) is 31.2 Å². The monoisotopic (exact) mass is 301 g/mol. The molecule has 20 heavy (non-hydrogen) atoms. The molecule has 1 aromatic carbocycles. The maximum Gasteiger partial charge on any atom is 0.238 e. The molecule has 112 valence electrons. The molecule has 0 aliphatic heterocycles. The normalized spacial score (nSPS) is 12.8. The highest BCUT2D eigenvalue weighted by Gasteiger charge is 2.29. The van der Waals surface area contributed by atoms with Crippen molar-refractivity contribution >= 4 is 15.7 Å². The van der Waals surface area contributed by atoms with Gasteiger partial charge in [-0.25, -0.2) is 8.42 Å². The molecule has 7 heteroatoms. The second kappa shape index (κ2) is 7.25. The predicted molar refractivity (Wildman–Crippen MR) is 74.5 cm³/mol. The first kappa shape index (κ1) is 16.5. The second-order valence-electron chi connectivity index (χ2n) is 4.15. The van der Waals surface area contributed by atoms with Gasteiger partial charge in [0.05, 0.1) is 18.6 Å².